The van der Waals surface area contributed by atoms with Gasteiger partial charge in [-0.25, -0.2) is 0 Å². The van der Waals surface area contributed by atoms with Crippen LogP contribution in [-0.4, -0.2) is 51.2 Å². The van der Waals surface area contributed by atoms with Crippen LogP contribution in [0.4, 0.5) is 0 Å². The fourth-order valence-corrected chi connectivity index (χ4v) is 17.0. The van der Waals surface area contributed by atoms with Gasteiger partial charge in [-0.1, -0.05) is 243 Å². The lowest BCUT2D eigenvalue weighted by molar-refractivity contribution is -0.157. The van der Waals surface area contributed by atoms with Gasteiger partial charge >= 0.3 is 23.9 Å². The van der Waals surface area contributed by atoms with Crippen LogP contribution in [-0.2, 0) is 43.5 Å². The lowest BCUT2D eigenvalue weighted by Gasteiger charge is -2.42. The molecule has 6 aromatic rings. The molecule has 3 fully saturated rings. The van der Waals surface area contributed by atoms with Crippen molar-refractivity contribution >= 4 is 23.9 Å². The number of esters is 4. The first-order chi connectivity index (χ1) is 48.5. The molecule has 16 atom stereocenters. The highest BCUT2D eigenvalue weighted by Crippen LogP contribution is 2.50. The molecule has 6 aliphatic carbocycles. The standard InChI is InChI=1S/C35H40O3.C33H42O5.C22H30O2/c1-3-25(2)20-31(27-10-6-4-7-11-27)23-33(28-12-8-5-9-13-28)29-16-18-32(19-17-29)37-24-38-35(36)34-22-26-14-15-30(34)21-26;1-6-23(2)20-33(26-10-8-7-9-11-26,21-32(3,4)31(35)36-5)27-14-16-28(17-15-27)37-22-38-30(34)29-19-24-12-13-25(29)18-24;1-3-16(2)13-19(18-7-5-4-6-8-18)11-12-24-22(23)21-15-17-9-10-20(21)14-17/h4-19,25-26,30-31,33-34H,3,20-24H2,1-2H3;7-17,23-25,29H,6,18-22H2,1-5H3;4-10,16-17,19-21H,3,11-15H2,1-2H3/t;23?,24?,25?,29-,33?;16?,17?,19?,20?,21-/m.11/s1. The van der Waals surface area contributed by atoms with Gasteiger partial charge in [-0.05, 0) is 214 Å². The number of carbonyl (C=O) groups is 4. The van der Waals surface area contributed by atoms with Gasteiger partial charge in [0.1, 0.15) is 11.5 Å². The SMILES string of the molecule is CCC(C)CC(CC(C)(C)C(=O)OC)(c1ccccc1)c1ccc(OCOC(=O)[C@@H]2CC3C=CC2C3)cc1.CCC(C)CC(CC(c1ccccc1)c1ccc(OCOC(=O)C2CC3C=CC2C3)cc1)c1ccccc1.CCC(C)CC(CCOC(=O)[C@@H]1CC2C=CC1C2)c1ccccc1. The van der Waals surface area contributed by atoms with Gasteiger partial charge in [0, 0.05) is 11.3 Å². The van der Waals surface area contributed by atoms with Crippen LogP contribution >= 0.6 is 0 Å². The van der Waals surface area contributed by atoms with Crippen LogP contribution in [0, 0.1) is 76.4 Å². The molecule has 3 saturated carbocycles. The first kappa shape index (κ1) is 74.7. The topological polar surface area (TPSA) is 124 Å². The molecule has 6 bridgehead atoms. The third-order valence-corrected chi connectivity index (χ3v) is 23.2. The van der Waals surface area contributed by atoms with Crippen molar-refractivity contribution in [2.75, 3.05) is 27.3 Å². The number of ether oxygens (including phenoxy) is 6. The summed E-state index contributed by atoms with van der Waals surface area (Å²) in [5.74, 6) is 6.81. The highest BCUT2D eigenvalue weighted by atomic mass is 16.7. The van der Waals surface area contributed by atoms with Crippen LogP contribution in [0.5, 0.6) is 11.5 Å². The van der Waals surface area contributed by atoms with Gasteiger partial charge in [0.15, 0.2) is 0 Å². The minimum atomic E-state index is -0.684. The number of benzene rings is 6. The maximum Gasteiger partial charge on any atom is 0.312 e. The molecule has 0 radical (unpaired) electrons. The summed E-state index contributed by atoms with van der Waals surface area (Å²) < 4.78 is 33.5. The molecule has 0 saturated heterocycles. The van der Waals surface area contributed by atoms with E-state index in [1.165, 1.54) is 54.2 Å². The normalized spacial score (nSPS) is 23.5. The van der Waals surface area contributed by atoms with Crippen molar-refractivity contribution in [2.24, 2.45) is 76.4 Å². The Labute approximate surface area is 598 Å². The molecule has 0 spiro atoms. The summed E-state index contributed by atoms with van der Waals surface area (Å²) in [4.78, 5) is 50.2. The second-order valence-electron chi connectivity index (χ2n) is 30.8. The Kier molecular flexibility index (Phi) is 26.9. The van der Waals surface area contributed by atoms with Crippen LogP contribution in [0.1, 0.15) is 203 Å². The predicted octanol–water partition coefficient (Wildman–Crippen LogP) is 21.0. The highest BCUT2D eigenvalue weighted by Gasteiger charge is 2.46. The van der Waals surface area contributed by atoms with Crippen LogP contribution in [0.2, 0.25) is 0 Å². The lowest BCUT2D eigenvalue weighted by Crippen LogP contribution is -2.39. The number of allylic oxidation sites excluding steroid dienone is 6. The zero-order chi connectivity index (χ0) is 70.6. The van der Waals surface area contributed by atoms with E-state index in [2.05, 4.69) is 218 Å². The summed E-state index contributed by atoms with van der Waals surface area (Å²) in [5, 5.41) is 0. The van der Waals surface area contributed by atoms with Gasteiger partial charge in [-0.2, -0.15) is 0 Å². The van der Waals surface area contributed by atoms with Crippen molar-refractivity contribution in [3.63, 3.8) is 0 Å². The van der Waals surface area contributed by atoms with Crippen LogP contribution < -0.4 is 9.47 Å². The fourth-order valence-electron chi connectivity index (χ4n) is 17.0. The second kappa shape index (κ2) is 36.1. The summed E-state index contributed by atoms with van der Waals surface area (Å²) in [7, 11) is 1.45. The molecule has 0 aliphatic heterocycles. The minimum absolute atomic E-state index is 0.00408. The lowest BCUT2D eigenvalue weighted by atomic mass is 9.61. The first-order valence-electron chi connectivity index (χ1n) is 37.8. The van der Waals surface area contributed by atoms with E-state index in [1.807, 2.05) is 44.2 Å². The van der Waals surface area contributed by atoms with Crippen LogP contribution in [0.25, 0.3) is 0 Å². The van der Waals surface area contributed by atoms with Gasteiger partial charge < -0.3 is 28.4 Å². The van der Waals surface area contributed by atoms with E-state index in [4.69, 9.17) is 28.4 Å². The van der Waals surface area contributed by atoms with Gasteiger partial charge in [-0.15, -0.1) is 0 Å². The van der Waals surface area contributed by atoms with Crippen molar-refractivity contribution in [3.05, 3.63) is 240 Å². The summed E-state index contributed by atoms with van der Waals surface area (Å²) in [6.45, 7) is 18.0. The fraction of sp³-hybridized carbons (Fsp3) is 0.489. The second-order valence-corrected chi connectivity index (χ2v) is 30.8. The number of rotatable bonds is 32. The molecule has 6 aromatic carbocycles. The largest absolute Gasteiger partial charge is 0.469 e. The minimum Gasteiger partial charge on any atom is -0.469 e. The van der Waals surface area contributed by atoms with E-state index >= 15 is 0 Å². The van der Waals surface area contributed by atoms with E-state index in [1.54, 1.807) is 0 Å². The zero-order valence-corrected chi connectivity index (χ0v) is 61.1. The number of hydrogen-bond donors (Lipinski definition) is 0. The van der Waals surface area contributed by atoms with Crippen molar-refractivity contribution in [1.82, 2.24) is 0 Å². The molecule has 0 heterocycles. The highest BCUT2D eigenvalue weighted by molar-refractivity contribution is 5.77. The van der Waals surface area contributed by atoms with Gasteiger partial charge in [0.2, 0.25) is 13.6 Å². The Balaban J connectivity index is 0.000000167. The van der Waals surface area contributed by atoms with E-state index in [-0.39, 0.29) is 61.1 Å². The summed E-state index contributed by atoms with van der Waals surface area (Å²) in [6, 6.07) is 59.3. The van der Waals surface area contributed by atoms with E-state index in [0.717, 1.165) is 81.9 Å². The first-order valence-corrected chi connectivity index (χ1v) is 37.8. The monoisotopic (exact) mass is 1350 g/mol. The van der Waals surface area contributed by atoms with E-state index < -0.39 is 10.8 Å². The predicted molar refractivity (Wildman–Crippen MR) is 399 cm³/mol. The van der Waals surface area contributed by atoms with Crippen molar-refractivity contribution in [2.45, 2.75) is 175 Å². The summed E-state index contributed by atoms with van der Waals surface area (Å²) >= 11 is 0. The third-order valence-electron chi connectivity index (χ3n) is 23.2. The molecular formula is C90H112O10. The molecule has 10 nitrogen and oxygen atoms in total. The van der Waals surface area contributed by atoms with Gasteiger partial charge in [0.05, 0.1) is 36.9 Å². The molecule has 0 N–H and O–H groups in total. The Morgan fingerprint density at radius 1 is 0.430 bits per heavy atom. The summed E-state index contributed by atoms with van der Waals surface area (Å²) in [5.41, 5.74) is 6.63. The van der Waals surface area contributed by atoms with Gasteiger partial charge in [0.25, 0.3) is 0 Å². The van der Waals surface area contributed by atoms with Crippen molar-refractivity contribution < 1.29 is 47.6 Å². The van der Waals surface area contributed by atoms with Gasteiger partial charge in [-0.3, -0.25) is 19.2 Å². The summed E-state index contributed by atoms with van der Waals surface area (Å²) in [6.07, 6.45) is 28.6. The Morgan fingerprint density at radius 2 is 0.820 bits per heavy atom. The number of fused-ring (bicyclic) bond motifs is 6. The van der Waals surface area contributed by atoms with Crippen LogP contribution in [0.15, 0.2) is 206 Å². The van der Waals surface area contributed by atoms with E-state index in [9.17, 15) is 19.2 Å². The maximum atomic E-state index is 12.8. The molecular weight excluding hydrogens is 1240 g/mol. The Morgan fingerprint density at radius 3 is 1.24 bits per heavy atom. The number of methoxy groups -OCH3 is 1. The molecule has 10 heteroatoms. The molecule has 532 valence electrons. The quantitative estimate of drug-likeness (QED) is 0.0175. The average molecular weight is 1350 g/mol. The average Bonchev–Trinajstić information content (AvgIpc) is 1.34. The van der Waals surface area contributed by atoms with Crippen LogP contribution in [0.3, 0.4) is 0 Å². The Bertz CT molecular complexity index is 3600. The zero-order valence-electron chi connectivity index (χ0n) is 61.1. The molecule has 100 heavy (non-hydrogen) atoms. The molecule has 12 rings (SSSR count). The van der Waals surface area contributed by atoms with E-state index in [0.29, 0.717) is 83.9 Å². The molecule has 6 aliphatic rings. The number of hydrogen-bond acceptors (Lipinski definition) is 10. The molecule has 0 amide bonds. The number of carbonyl (C=O) groups excluding carboxylic acids is 4. The molecule has 0 aromatic heterocycles. The third kappa shape index (κ3) is 19.8. The molecule has 14 unspecified atom stereocenters. The Hall–Kier alpha value is -7.98. The van der Waals surface area contributed by atoms with Crippen molar-refractivity contribution in [1.29, 1.82) is 0 Å². The maximum absolute atomic E-state index is 12.8. The van der Waals surface area contributed by atoms with Crippen molar-refractivity contribution in [3.8, 4) is 11.5 Å². The smallest absolute Gasteiger partial charge is 0.312 e.